The Morgan fingerprint density at radius 3 is 2.27 bits per heavy atom. The summed E-state index contributed by atoms with van der Waals surface area (Å²) >= 11 is 0. The van der Waals surface area contributed by atoms with E-state index in [1.807, 2.05) is 0 Å². The Hall–Kier alpha value is 0.137. The first-order chi connectivity index (χ1) is 6.72. The molecule has 0 aromatic carbocycles. The molecule has 0 saturated carbocycles. The number of hydrogen-bond donors (Lipinski definition) is 0. The van der Waals surface area contributed by atoms with E-state index in [1.54, 1.807) is 0 Å². The van der Waals surface area contributed by atoms with Crippen molar-refractivity contribution >= 4 is 8.32 Å². The van der Waals surface area contributed by atoms with Crippen LogP contribution in [0.3, 0.4) is 0 Å². The average molecular weight is 230 g/mol. The van der Waals surface area contributed by atoms with Crippen molar-refractivity contribution in [3.8, 4) is 0 Å². The molecule has 0 aliphatic carbocycles. The van der Waals surface area contributed by atoms with Gasteiger partial charge < -0.3 is 9.16 Å². The summed E-state index contributed by atoms with van der Waals surface area (Å²) in [6.45, 7) is 14.4. The molecule has 1 heterocycles. The molecule has 1 rings (SSSR count). The van der Waals surface area contributed by atoms with E-state index < -0.39 is 8.32 Å². The maximum Gasteiger partial charge on any atom is 0.192 e. The molecular weight excluding hydrogens is 204 g/mol. The van der Waals surface area contributed by atoms with Gasteiger partial charge >= 0.3 is 0 Å². The normalized spacial score (nSPS) is 28.4. The maximum atomic E-state index is 6.14. The van der Waals surface area contributed by atoms with Crippen LogP contribution in [0.4, 0.5) is 0 Å². The second kappa shape index (κ2) is 4.56. The van der Waals surface area contributed by atoms with Gasteiger partial charge in [0, 0.05) is 0 Å². The highest BCUT2D eigenvalue weighted by molar-refractivity contribution is 6.74. The zero-order valence-electron chi connectivity index (χ0n) is 11.1. The first-order valence-corrected chi connectivity index (χ1v) is 8.92. The molecule has 1 aliphatic rings. The van der Waals surface area contributed by atoms with Crippen LogP contribution in [0.15, 0.2) is 0 Å². The van der Waals surface area contributed by atoms with Crippen LogP contribution >= 0.6 is 0 Å². The van der Waals surface area contributed by atoms with Gasteiger partial charge in [0.15, 0.2) is 8.32 Å². The predicted octanol–water partition coefficient (Wildman–Crippen LogP) is 3.58. The lowest BCUT2D eigenvalue weighted by atomic mass is 10.2. The minimum absolute atomic E-state index is 0.303. The Balaban J connectivity index is 2.36. The largest absolute Gasteiger partial charge is 0.414 e. The Bertz CT molecular complexity index is 208. The first-order valence-electron chi connectivity index (χ1n) is 6.02. The second-order valence-corrected chi connectivity index (χ2v) is 11.0. The van der Waals surface area contributed by atoms with Crippen LogP contribution in [0.1, 0.15) is 40.5 Å². The van der Waals surface area contributed by atoms with Gasteiger partial charge in [-0.1, -0.05) is 20.8 Å². The zero-order chi connectivity index (χ0) is 11.7. The van der Waals surface area contributed by atoms with Crippen LogP contribution in [0.25, 0.3) is 0 Å². The summed E-state index contributed by atoms with van der Waals surface area (Å²) in [5.74, 6) is 0. The van der Waals surface area contributed by atoms with Crippen LogP contribution in [0.5, 0.6) is 0 Å². The molecule has 15 heavy (non-hydrogen) atoms. The summed E-state index contributed by atoms with van der Waals surface area (Å²) in [7, 11) is -1.57. The van der Waals surface area contributed by atoms with E-state index in [0.717, 1.165) is 13.0 Å². The first kappa shape index (κ1) is 13.2. The second-order valence-electron chi connectivity index (χ2n) is 6.22. The standard InChI is InChI=1S/C12H26O2Si/c1-10-7-8-11(14-10)9-13-15(5,6)12(2,3)4/h10-11H,7-9H2,1-6H3/t10-,11+/m0/s1. The van der Waals surface area contributed by atoms with Crippen LogP contribution in [0, 0.1) is 0 Å². The molecule has 1 aliphatic heterocycles. The van der Waals surface area contributed by atoms with Crippen molar-refractivity contribution in [1.29, 1.82) is 0 Å². The zero-order valence-corrected chi connectivity index (χ0v) is 12.1. The molecule has 0 bridgehead atoms. The summed E-state index contributed by atoms with van der Waals surface area (Å²) in [6.07, 6.45) is 3.12. The van der Waals surface area contributed by atoms with Crippen molar-refractivity contribution in [3.63, 3.8) is 0 Å². The summed E-state index contributed by atoms with van der Waals surface area (Å²) < 4.78 is 11.9. The van der Waals surface area contributed by atoms with Crippen LogP contribution < -0.4 is 0 Å². The SMILES string of the molecule is C[C@H]1CC[C@H](CO[Si](C)(C)C(C)(C)C)O1. The lowest BCUT2D eigenvalue weighted by molar-refractivity contribution is 0.0230. The molecule has 0 aromatic heterocycles. The number of ether oxygens (including phenoxy) is 1. The van der Waals surface area contributed by atoms with Gasteiger partial charge in [0.05, 0.1) is 18.8 Å². The van der Waals surface area contributed by atoms with Crippen LogP contribution in [-0.2, 0) is 9.16 Å². The molecule has 1 saturated heterocycles. The molecule has 3 heteroatoms. The molecule has 0 spiro atoms. The topological polar surface area (TPSA) is 18.5 Å². The Kier molecular flexibility index (Phi) is 4.01. The highest BCUT2D eigenvalue weighted by atomic mass is 28.4. The van der Waals surface area contributed by atoms with E-state index >= 15 is 0 Å². The third-order valence-electron chi connectivity index (χ3n) is 3.76. The monoisotopic (exact) mass is 230 g/mol. The van der Waals surface area contributed by atoms with Gasteiger partial charge in [0.1, 0.15) is 0 Å². The molecule has 0 N–H and O–H groups in total. The highest BCUT2D eigenvalue weighted by Gasteiger charge is 2.38. The summed E-state index contributed by atoms with van der Waals surface area (Å²) in [4.78, 5) is 0. The van der Waals surface area contributed by atoms with E-state index in [4.69, 9.17) is 9.16 Å². The van der Waals surface area contributed by atoms with E-state index in [9.17, 15) is 0 Å². The summed E-state index contributed by atoms with van der Waals surface area (Å²) in [5, 5.41) is 0.303. The van der Waals surface area contributed by atoms with E-state index in [2.05, 4.69) is 40.8 Å². The fourth-order valence-electron chi connectivity index (χ4n) is 1.53. The van der Waals surface area contributed by atoms with Gasteiger partial charge in [-0.3, -0.25) is 0 Å². The molecule has 0 radical (unpaired) electrons. The predicted molar refractivity (Wildman–Crippen MR) is 66.7 cm³/mol. The van der Waals surface area contributed by atoms with E-state index in [1.165, 1.54) is 6.42 Å². The van der Waals surface area contributed by atoms with Crippen LogP contribution in [-0.4, -0.2) is 27.1 Å². The summed E-state index contributed by atoms with van der Waals surface area (Å²) in [6, 6.07) is 0. The average Bonchev–Trinajstić information content (AvgIpc) is 2.46. The minimum atomic E-state index is -1.57. The van der Waals surface area contributed by atoms with E-state index in [0.29, 0.717) is 17.2 Å². The van der Waals surface area contributed by atoms with Gasteiger partial charge in [-0.05, 0) is 37.9 Å². The number of hydrogen-bond acceptors (Lipinski definition) is 2. The fraction of sp³-hybridized carbons (Fsp3) is 1.00. The van der Waals surface area contributed by atoms with Crippen LogP contribution in [0.2, 0.25) is 18.1 Å². The quantitative estimate of drug-likeness (QED) is 0.690. The van der Waals surface area contributed by atoms with Gasteiger partial charge in [-0.25, -0.2) is 0 Å². The highest BCUT2D eigenvalue weighted by Crippen LogP contribution is 2.37. The van der Waals surface area contributed by atoms with Gasteiger partial charge in [-0.2, -0.15) is 0 Å². The van der Waals surface area contributed by atoms with Gasteiger partial charge in [0.25, 0.3) is 0 Å². The molecular formula is C12H26O2Si. The van der Waals surface area contributed by atoms with Gasteiger partial charge in [-0.15, -0.1) is 0 Å². The fourth-order valence-corrected chi connectivity index (χ4v) is 2.56. The van der Waals surface area contributed by atoms with Crippen molar-refractivity contribution in [2.24, 2.45) is 0 Å². The molecule has 0 unspecified atom stereocenters. The molecule has 90 valence electrons. The maximum absolute atomic E-state index is 6.14. The molecule has 2 nitrogen and oxygen atoms in total. The lowest BCUT2D eigenvalue weighted by Crippen LogP contribution is -2.42. The third-order valence-corrected chi connectivity index (χ3v) is 8.26. The molecule has 1 fully saturated rings. The lowest BCUT2D eigenvalue weighted by Gasteiger charge is -2.36. The minimum Gasteiger partial charge on any atom is -0.414 e. The number of rotatable bonds is 3. The van der Waals surface area contributed by atoms with Crippen molar-refractivity contribution in [3.05, 3.63) is 0 Å². The molecule has 0 amide bonds. The van der Waals surface area contributed by atoms with Crippen molar-refractivity contribution < 1.29 is 9.16 Å². The summed E-state index contributed by atoms with van der Waals surface area (Å²) in [5.41, 5.74) is 0. The van der Waals surface area contributed by atoms with Crippen molar-refractivity contribution in [1.82, 2.24) is 0 Å². The third kappa shape index (κ3) is 3.57. The van der Waals surface area contributed by atoms with E-state index in [-0.39, 0.29) is 0 Å². The van der Waals surface area contributed by atoms with Crippen molar-refractivity contribution in [2.75, 3.05) is 6.61 Å². The van der Waals surface area contributed by atoms with Crippen molar-refractivity contribution in [2.45, 2.75) is 70.9 Å². The Morgan fingerprint density at radius 1 is 1.27 bits per heavy atom. The molecule has 2 atom stereocenters. The smallest absolute Gasteiger partial charge is 0.192 e. The van der Waals surface area contributed by atoms with Gasteiger partial charge in [0.2, 0.25) is 0 Å². The Morgan fingerprint density at radius 2 is 1.87 bits per heavy atom. The molecule has 0 aromatic rings. The Labute approximate surface area is 95.5 Å².